The minimum Gasteiger partial charge on any atom is -0.385 e. The van der Waals surface area contributed by atoms with Crippen molar-refractivity contribution in [1.82, 2.24) is 0 Å². The SMILES string of the molecule is COC(CC[C@@H]1CCC[C@@]1(O)C1=CCCC1)OC. The van der Waals surface area contributed by atoms with Crippen LogP contribution in [0.1, 0.15) is 51.4 Å². The maximum Gasteiger partial charge on any atom is 0.156 e. The summed E-state index contributed by atoms with van der Waals surface area (Å²) < 4.78 is 10.5. The van der Waals surface area contributed by atoms with Gasteiger partial charge in [0.1, 0.15) is 0 Å². The minimum absolute atomic E-state index is 0.132. The fraction of sp³-hybridized carbons (Fsp3) is 0.867. The summed E-state index contributed by atoms with van der Waals surface area (Å²) in [6.45, 7) is 0. The van der Waals surface area contributed by atoms with Gasteiger partial charge >= 0.3 is 0 Å². The lowest BCUT2D eigenvalue weighted by molar-refractivity contribution is -0.111. The van der Waals surface area contributed by atoms with E-state index in [0.29, 0.717) is 5.92 Å². The Kier molecular flexibility index (Phi) is 4.82. The van der Waals surface area contributed by atoms with E-state index in [2.05, 4.69) is 6.08 Å². The van der Waals surface area contributed by atoms with Gasteiger partial charge in [-0.1, -0.05) is 6.08 Å². The fourth-order valence-corrected chi connectivity index (χ4v) is 3.60. The third-order valence-corrected chi connectivity index (χ3v) is 4.66. The smallest absolute Gasteiger partial charge is 0.156 e. The predicted molar refractivity (Wildman–Crippen MR) is 71.3 cm³/mol. The molecule has 0 aromatic carbocycles. The molecule has 1 saturated carbocycles. The predicted octanol–water partition coefficient (Wildman–Crippen LogP) is 3.03. The average Bonchev–Trinajstić information content (AvgIpc) is 3.01. The maximum atomic E-state index is 11.0. The first-order valence-corrected chi connectivity index (χ1v) is 7.18. The first-order valence-electron chi connectivity index (χ1n) is 7.18. The number of methoxy groups -OCH3 is 2. The molecule has 0 aromatic rings. The minimum atomic E-state index is -0.525. The highest BCUT2D eigenvalue weighted by Crippen LogP contribution is 2.46. The molecule has 0 amide bonds. The molecule has 0 unspecified atom stereocenters. The van der Waals surface area contributed by atoms with E-state index in [9.17, 15) is 5.11 Å². The molecule has 104 valence electrons. The van der Waals surface area contributed by atoms with Crippen molar-refractivity contribution >= 4 is 0 Å². The third-order valence-electron chi connectivity index (χ3n) is 4.66. The van der Waals surface area contributed by atoms with Gasteiger partial charge in [0.15, 0.2) is 6.29 Å². The van der Waals surface area contributed by atoms with Crippen molar-refractivity contribution in [3.8, 4) is 0 Å². The molecule has 0 aromatic heterocycles. The van der Waals surface area contributed by atoms with Crippen molar-refractivity contribution in [2.75, 3.05) is 14.2 Å². The van der Waals surface area contributed by atoms with Gasteiger partial charge in [0, 0.05) is 14.2 Å². The lowest BCUT2D eigenvalue weighted by Crippen LogP contribution is -2.35. The summed E-state index contributed by atoms with van der Waals surface area (Å²) >= 11 is 0. The normalized spacial score (nSPS) is 32.2. The number of allylic oxidation sites excluding steroid dienone is 1. The van der Waals surface area contributed by atoms with Crippen LogP contribution in [0.3, 0.4) is 0 Å². The largest absolute Gasteiger partial charge is 0.385 e. The van der Waals surface area contributed by atoms with Crippen molar-refractivity contribution in [2.45, 2.75) is 63.3 Å². The van der Waals surface area contributed by atoms with E-state index in [4.69, 9.17) is 9.47 Å². The van der Waals surface area contributed by atoms with E-state index in [1.807, 2.05) is 0 Å². The summed E-state index contributed by atoms with van der Waals surface area (Å²) in [5.41, 5.74) is 0.777. The summed E-state index contributed by atoms with van der Waals surface area (Å²) in [4.78, 5) is 0. The molecule has 2 rings (SSSR count). The quantitative estimate of drug-likeness (QED) is 0.585. The van der Waals surface area contributed by atoms with Gasteiger partial charge in [0.05, 0.1) is 5.60 Å². The second-order valence-corrected chi connectivity index (χ2v) is 5.61. The van der Waals surface area contributed by atoms with Crippen LogP contribution in [-0.2, 0) is 9.47 Å². The van der Waals surface area contributed by atoms with E-state index in [-0.39, 0.29) is 6.29 Å². The van der Waals surface area contributed by atoms with E-state index >= 15 is 0 Å². The second kappa shape index (κ2) is 6.18. The zero-order valence-corrected chi connectivity index (χ0v) is 11.7. The van der Waals surface area contributed by atoms with Crippen molar-refractivity contribution in [1.29, 1.82) is 0 Å². The fourth-order valence-electron chi connectivity index (χ4n) is 3.60. The van der Waals surface area contributed by atoms with Gasteiger partial charge < -0.3 is 14.6 Å². The zero-order chi connectivity index (χ0) is 13.0. The number of aliphatic hydroxyl groups is 1. The van der Waals surface area contributed by atoms with Crippen LogP contribution in [0, 0.1) is 5.92 Å². The molecule has 2 aliphatic carbocycles. The van der Waals surface area contributed by atoms with E-state index in [1.54, 1.807) is 14.2 Å². The molecule has 0 spiro atoms. The van der Waals surface area contributed by atoms with Crippen LogP contribution in [0.2, 0.25) is 0 Å². The van der Waals surface area contributed by atoms with Crippen LogP contribution < -0.4 is 0 Å². The van der Waals surface area contributed by atoms with Crippen LogP contribution in [-0.4, -0.2) is 31.2 Å². The number of hydrogen-bond donors (Lipinski definition) is 1. The summed E-state index contributed by atoms with van der Waals surface area (Å²) in [5.74, 6) is 0.384. The summed E-state index contributed by atoms with van der Waals surface area (Å²) in [5, 5.41) is 11.0. The van der Waals surface area contributed by atoms with Crippen LogP contribution in [0.5, 0.6) is 0 Å². The summed E-state index contributed by atoms with van der Waals surface area (Å²) in [7, 11) is 3.35. The second-order valence-electron chi connectivity index (χ2n) is 5.61. The monoisotopic (exact) mass is 254 g/mol. The highest BCUT2D eigenvalue weighted by molar-refractivity contribution is 5.23. The van der Waals surface area contributed by atoms with Gasteiger partial charge in [-0.15, -0.1) is 0 Å². The molecule has 1 fully saturated rings. The molecule has 0 aliphatic heterocycles. The number of ether oxygens (including phenoxy) is 2. The molecule has 0 bridgehead atoms. The maximum absolute atomic E-state index is 11.0. The molecule has 0 heterocycles. The highest BCUT2D eigenvalue weighted by atomic mass is 16.7. The molecule has 0 saturated heterocycles. The first kappa shape index (κ1) is 14.0. The Bertz CT molecular complexity index is 296. The molecule has 0 radical (unpaired) electrons. The van der Waals surface area contributed by atoms with Crippen LogP contribution in [0.4, 0.5) is 0 Å². The van der Waals surface area contributed by atoms with Gasteiger partial charge in [-0.05, 0) is 62.9 Å². The standard InChI is InChI=1S/C15H26O3/c1-17-14(18-2)10-9-13-8-5-11-15(13,16)12-6-3-4-7-12/h6,13-14,16H,3-5,7-11H2,1-2H3/t13-,15+/m0/s1. The molecule has 3 nitrogen and oxygen atoms in total. The third kappa shape index (κ3) is 2.79. The number of hydrogen-bond acceptors (Lipinski definition) is 3. The van der Waals surface area contributed by atoms with Crippen LogP contribution in [0.25, 0.3) is 0 Å². The average molecular weight is 254 g/mol. The van der Waals surface area contributed by atoms with Gasteiger partial charge in [-0.3, -0.25) is 0 Å². The van der Waals surface area contributed by atoms with Gasteiger partial charge in [-0.25, -0.2) is 0 Å². The molecule has 1 N–H and O–H groups in total. The van der Waals surface area contributed by atoms with Crippen molar-refractivity contribution in [3.63, 3.8) is 0 Å². The Balaban J connectivity index is 1.94. The van der Waals surface area contributed by atoms with Gasteiger partial charge in [0.25, 0.3) is 0 Å². The van der Waals surface area contributed by atoms with Gasteiger partial charge in [0.2, 0.25) is 0 Å². The Labute approximate surface area is 110 Å². The van der Waals surface area contributed by atoms with E-state index < -0.39 is 5.60 Å². The Morgan fingerprint density at radius 3 is 2.78 bits per heavy atom. The molecular formula is C15H26O3. The zero-order valence-electron chi connectivity index (χ0n) is 11.7. The lowest BCUT2D eigenvalue weighted by atomic mass is 9.80. The molecule has 3 heteroatoms. The molecular weight excluding hydrogens is 228 g/mol. The van der Waals surface area contributed by atoms with Crippen molar-refractivity contribution in [2.24, 2.45) is 5.92 Å². The van der Waals surface area contributed by atoms with Crippen LogP contribution >= 0.6 is 0 Å². The Morgan fingerprint density at radius 2 is 2.17 bits per heavy atom. The lowest BCUT2D eigenvalue weighted by Gasteiger charge is -2.32. The highest BCUT2D eigenvalue weighted by Gasteiger charge is 2.43. The number of rotatable bonds is 6. The molecule has 18 heavy (non-hydrogen) atoms. The van der Waals surface area contributed by atoms with E-state index in [0.717, 1.165) is 44.9 Å². The topological polar surface area (TPSA) is 38.7 Å². The van der Waals surface area contributed by atoms with Gasteiger partial charge in [-0.2, -0.15) is 0 Å². The Morgan fingerprint density at radius 1 is 1.39 bits per heavy atom. The van der Waals surface area contributed by atoms with Crippen LogP contribution in [0.15, 0.2) is 11.6 Å². The molecule has 2 aliphatic rings. The first-order chi connectivity index (χ1) is 8.70. The summed E-state index contributed by atoms with van der Waals surface area (Å²) in [6, 6.07) is 0. The Hall–Kier alpha value is -0.380. The van der Waals surface area contributed by atoms with E-state index in [1.165, 1.54) is 12.0 Å². The summed E-state index contributed by atoms with van der Waals surface area (Å²) in [6.07, 6.45) is 10.6. The van der Waals surface area contributed by atoms with Crippen molar-refractivity contribution < 1.29 is 14.6 Å². The molecule has 2 atom stereocenters. The van der Waals surface area contributed by atoms with Crippen molar-refractivity contribution in [3.05, 3.63) is 11.6 Å².